The lowest BCUT2D eigenvalue weighted by Gasteiger charge is -2.14. The lowest BCUT2D eigenvalue weighted by Crippen LogP contribution is -2.10. The van der Waals surface area contributed by atoms with Crippen molar-refractivity contribution in [2.75, 3.05) is 13.7 Å². The molecule has 0 bridgehead atoms. The van der Waals surface area contributed by atoms with Crippen LogP contribution in [0.4, 0.5) is 13.2 Å². The molecule has 0 saturated carbocycles. The fraction of sp³-hybridized carbons (Fsp3) is 0.455. The Morgan fingerprint density at radius 3 is 2.12 bits per heavy atom. The highest BCUT2D eigenvalue weighted by molar-refractivity contribution is 5.41. The van der Waals surface area contributed by atoms with E-state index < -0.39 is 47.5 Å². The van der Waals surface area contributed by atoms with E-state index in [4.69, 9.17) is 9.84 Å². The van der Waals surface area contributed by atoms with Gasteiger partial charge in [0.1, 0.15) is 0 Å². The first kappa shape index (κ1) is 13.8. The van der Waals surface area contributed by atoms with Gasteiger partial charge in [-0.3, -0.25) is 0 Å². The van der Waals surface area contributed by atoms with Crippen molar-refractivity contribution in [2.45, 2.75) is 20.1 Å². The summed E-state index contributed by atoms with van der Waals surface area (Å²) in [6, 6.07) is 0. The van der Waals surface area contributed by atoms with Crippen molar-refractivity contribution in [3.05, 3.63) is 28.6 Å². The number of hydrogen-bond acceptors (Lipinski definition) is 3. The number of rotatable bonds is 5. The summed E-state index contributed by atoms with van der Waals surface area (Å²) in [5, 5.41) is 8.91. The summed E-state index contributed by atoms with van der Waals surface area (Å²) >= 11 is 0. The molecule has 0 fully saturated rings. The Morgan fingerprint density at radius 1 is 1.06 bits per heavy atom. The molecule has 0 spiro atoms. The average Bonchev–Trinajstić information content (AvgIpc) is 2.32. The Kier molecular flexibility index (Phi) is 4.77. The second-order valence-corrected chi connectivity index (χ2v) is 3.25. The van der Waals surface area contributed by atoms with Crippen molar-refractivity contribution in [1.29, 1.82) is 0 Å². The number of aliphatic hydroxyl groups is 1. The van der Waals surface area contributed by atoms with Crippen molar-refractivity contribution in [2.24, 2.45) is 0 Å². The molecule has 0 heterocycles. The van der Waals surface area contributed by atoms with Gasteiger partial charge in [0.25, 0.3) is 0 Å². The van der Waals surface area contributed by atoms with Crippen molar-refractivity contribution >= 4 is 0 Å². The zero-order chi connectivity index (χ0) is 13.0. The molecule has 0 aliphatic heterocycles. The summed E-state index contributed by atoms with van der Waals surface area (Å²) in [6.45, 7) is 0.377. The topological polar surface area (TPSA) is 38.7 Å². The number of halogens is 3. The number of ether oxygens (including phenoxy) is 2. The summed E-state index contributed by atoms with van der Waals surface area (Å²) in [5.74, 6) is -4.20. The first-order valence-corrected chi connectivity index (χ1v) is 4.99. The molecule has 1 aromatic rings. The maximum absolute atomic E-state index is 13.8. The number of aliphatic hydroxyl groups excluding tert-OH is 1. The minimum Gasteiger partial charge on any atom is -0.490 e. The van der Waals surface area contributed by atoms with Crippen LogP contribution in [0.25, 0.3) is 0 Å². The molecule has 0 saturated heterocycles. The molecular weight excluding hydrogens is 237 g/mol. The molecule has 96 valence electrons. The molecule has 1 N–H and O–H groups in total. The van der Waals surface area contributed by atoms with Gasteiger partial charge in [-0.2, -0.15) is 0 Å². The van der Waals surface area contributed by atoms with Gasteiger partial charge in [0.15, 0.2) is 23.2 Å². The third-order valence-electron chi connectivity index (χ3n) is 2.20. The van der Waals surface area contributed by atoms with Crippen molar-refractivity contribution < 1.29 is 27.8 Å². The van der Waals surface area contributed by atoms with Gasteiger partial charge in [-0.15, -0.1) is 0 Å². The van der Waals surface area contributed by atoms with Gasteiger partial charge in [-0.1, -0.05) is 0 Å². The molecule has 6 heteroatoms. The van der Waals surface area contributed by atoms with E-state index in [1.807, 2.05) is 0 Å². The molecule has 3 nitrogen and oxygen atoms in total. The van der Waals surface area contributed by atoms with Gasteiger partial charge >= 0.3 is 0 Å². The Labute approximate surface area is 96.8 Å². The molecule has 17 heavy (non-hydrogen) atoms. The standard InChI is InChI=1S/C11H13F3O3/c1-3-17-11-6(4-15)8(12)9(13)7(5-16-2)10(11)14/h15H,3-5H2,1-2H3. The van der Waals surface area contributed by atoms with Crippen LogP contribution in [-0.2, 0) is 18.0 Å². The van der Waals surface area contributed by atoms with Crippen LogP contribution in [0, 0.1) is 17.5 Å². The molecule has 0 atom stereocenters. The second-order valence-electron chi connectivity index (χ2n) is 3.25. The summed E-state index contributed by atoms with van der Waals surface area (Å²) in [7, 11) is 1.23. The monoisotopic (exact) mass is 250 g/mol. The third kappa shape index (κ3) is 2.53. The van der Waals surface area contributed by atoms with Crippen LogP contribution in [0.1, 0.15) is 18.1 Å². The summed E-state index contributed by atoms with van der Waals surface area (Å²) in [4.78, 5) is 0. The fourth-order valence-electron chi connectivity index (χ4n) is 1.44. The molecule has 0 aliphatic carbocycles. The predicted octanol–water partition coefficient (Wildman–Crippen LogP) is 2.14. The van der Waals surface area contributed by atoms with Gasteiger partial charge in [-0.05, 0) is 6.92 Å². The molecule has 0 radical (unpaired) electrons. The van der Waals surface area contributed by atoms with Gasteiger partial charge in [-0.25, -0.2) is 13.2 Å². The number of hydrogen-bond donors (Lipinski definition) is 1. The van der Waals surface area contributed by atoms with Crippen LogP contribution < -0.4 is 4.74 Å². The van der Waals surface area contributed by atoms with Gasteiger partial charge in [0.05, 0.1) is 30.9 Å². The van der Waals surface area contributed by atoms with Crippen LogP contribution in [0.15, 0.2) is 0 Å². The van der Waals surface area contributed by atoms with Crippen molar-refractivity contribution in [3.63, 3.8) is 0 Å². The Morgan fingerprint density at radius 2 is 1.65 bits per heavy atom. The van der Waals surface area contributed by atoms with E-state index in [1.54, 1.807) is 6.92 Å². The second kappa shape index (κ2) is 5.88. The Hall–Kier alpha value is -1.27. The minimum atomic E-state index is -1.36. The van der Waals surface area contributed by atoms with Crippen molar-refractivity contribution in [1.82, 2.24) is 0 Å². The smallest absolute Gasteiger partial charge is 0.174 e. The first-order chi connectivity index (χ1) is 8.08. The molecule has 0 aliphatic rings. The Bertz CT molecular complexity index is 408. The summed E-state index contributed by atoms with van der Waals surface area (Å²) in [5.41, 5.74) is -1.08. The van der Waals surface area contributed by atoms with E-state index >= 15 is 0 Å². The molecule has 1 aromatic carbocycles. The molecule has 0 aromatic heterocycles. The van der Waals surface area contributed by atoms with E-state index in [9.17, 15) is 13.2 Å². The highest BCUT2D eigenvalue weighted by atomic mass is 19.2. The molecular formula is C11H13F3O3. The maximum atomic E-state index is 13.8. The van der Waals surface area contributed by atoms with Gasteiger partial charge in [0.2, 0.25) is 0 Å². The van der Waals surface area contributed by atoms with E-state index in [1.165, 1.54) is 7.11 Å². The van der Waals surface area contributed by atoms with Crippen LogP contribution in [0.2, 0.25) is 0 Å². The van der Waals surface area contributed by atoms with E-state index in [-0.39, 0.29) is 6.61 Å². The molecule has 0 amide bonds. The largest absolute Gasteiger partial charge is 0.490 e. The van der Waals surface area contributed by atoms with E-state index in [0.29, 0.717) is 0 Å². The van der Waals surface area contributed by atoms with Crippen LogP contribution >= 0.6 is 0 Å². The SMILES string of the molecule is CCOc1c(F)c(COC)c(F)c(F)c1CO. The predicted molar refractivity (Wildman–Crippen MR) is 54.1 cm³/mol. The van der Waals surface area contributed by atoms with Crippen LogP contribution in [0.5, 0.6) is 5.75 Å². The Balaban J connectivity index is 3.45. The zero-order valence-electron chi connectivity index (χ0n) is 9.52. The number of methoxy groups -OCH3 is 1. The molecule has 0 unspecified atom stereocenters. The van der Waals surface area contributed by atoms with Crippen molar-refractivity contribution in [3.8, 4) is 5.75 Å². The summed E-state index contributed by atoms with van der Waals surface area (Å²) < 4.78 is 50.3. The van der Waals surface area contributed by atoms with Gasteiger partial charge < -0.3 is 14.6 Å². The van der Waals surface area contributed by atoms with Gasteiger partial charge in [0, 0.05) is 7.11 Å². The number of benzene rings is 1. The highest BCUT2D eigenvalue weighted by Gasteiger charge is 2.25. The summed E-state index contributed by atoms with van der Waals surface area (Å²) in [6.07, 6.45) is 0. The van der Waals surface area contributed by atoms with Crippen LogP contribution in [0.3, 0.4) is 0 Å². The lowest BCUT2D eigenvalue weighted by atomic mass is 10.1. The minimum absolute atomic E-state index is 0.0708. The lowest BCUT2D eigenvalue weighted by molar-refractivity contribution is 0.173. The molecule has 1 rings (SSSR count). The zero-order valence-corrected chi connectivity index (χ0v) is 9.52. The van der Waals surface area contributed by atoms with E-state index in [0.717, 1.165) is 0 Å². The first-order valence-electron chi connectivity index (χ1n) is 4.99. The fourth-order valence-corrected chi connectivity index (χ4v) is 1.44. The quantitative estimate of drug-likeness (QED) is 0.814. The van der Waals surface area contributed by atoms with Crippen LogP contribution in [-0.4, -0.2) is 18.8 Å². The maximum Gasteiger partial charge on any atom is 0.174 e. The van der Waals surface area contributed by atoms with E-state index in [2.05, 4.69) is 4.74 Å². The average molecular weight is 250 g/mol. The normalized spacial score (nSPS) is 10.7. The third-order valence-corrected chi connectivity index (χ3v) is 2.20. The highest BCUT2D eigenvalue weighted by Crippen LogP contribution is 2.31.